The van der Waals surface area contributed by atoms with E-state index in [4.69, 9.17) is 4.74 Å². The van der Waals surface area contributed by atoms with Crippen molar-refractivity contribution in [3.63, 3.8) is 0 Å². The molecular weight excluding hydrogens is 276 g/mol. The van der Waals surface area contributed by atoms with Crippen LogP contribution >= 0.6 is 0 Å². The summed E-state index contributed by atoms with van der Waals surface area (Å²) in [5, 5.41) is 6.16. The van der Waals surface area contributed by atoms with Gasteiger partial charge in [0.1, 0.15) is 0 Å². The highest BCUT2D eigenvalue weighted by Crippen LogP contribution is 2.56. The molecule has 0 saturated heterocycles. The van der Waals surface area contributed by atoms with Gasteiger partial charge in [0.2, 0.25) is 0 Å². The Morgan fingerprint density at radius 1 is 1.36 bits per heavy atom. The average molecular weight is 302 g/mol. The number of nitrogens with one attached hydrogen (secondary N) is 2. The topological polar surface area (TPSA) is 50.4 Å². The molecule has 0 aromatic heterocycles. The Hall–Kier alpha value is -1.55. The molecule has 3 atom stereocenters. The molecule has 0 radical (unpaired) electrons. The van der Waals surface area contributed by atoms with Gasteiger partial charge in [-0.25, -0.2) is 4.79 Å². The Balaban J connectivity index is 1.45. The van der Waals surface area contributed by atoms with Crippen LogP contribution in [-0.4, -0.2) is 32.3 Å². The van der Waals surface area contributed by atoms with E-state index in [2.05, 4.69) is 48.7 Å². The minimum absolute atomic E-state index is 0.0395. The summed E-state index contributed by atoms with van der Waals surface area (Å²) >= 11 is 0. The van der Waals surface area contributed by atoms with E-state index in [0.717, 1.165) is 19.4 Å². The van der Waals surface area contributed by atoms with Gasteiger partial charge in [-0.1, -0.05) is 38.1 Å². The minimum atomic E-state index is -0.0395. The van der Waals surface area contributed by atoms with E-state index in [-0.39, 0.29) is 11.4 Å². The lowest BCUT2D eigenvalue weighted by atomic mass is 9.90. The fourth-order valence-electron chi connectivity index (χ4n) is 3.54. The van der Waals surface area contributed by atoms with Gasteiger partial charge in [0.15, 0.2) is 0 Å². The number of benzene rings is 1. The summed E-state index contributed by atoms with van der Waals surface area (Å²) in [6.45, 7) is 5.68. The van der Waals surface area contributed by atoms with Crippen molar-refractivity contribution in [2.75, 3.05) is 20.3 Å². The molecule has 22 heavy (non-hydrogen) atoms. The second kappa shape index (κ2) is 5.92. The largest absolute Gasteiger partial charge is 0.385 e. The summed E-state index contributed by atoms with van der Waals surface area (Å²) in [5.74, 6) is 1.13. The zero-order valence-electron chi connectivity index (χ0n) is 13.7. The van der Waals surface area contributed by atoms with Gasteiger partial charge in [-0.2, -0.15) is 0 Å². The Labute approximate surface area is 132 Å². The Morgan fingerprint density at radius 2 is 2.14 bits per heavy atom. The Morgan fingerprint density at radius 3 is 2.91 bits per heavy atom. The molecule has 4 nitrogen and oxygen atoms in total. The summed E-state index contributed by atoms with van der Waals surface area (Å²) < 4.78 is 5.11. The van der Waals surface area contributed by atoms with Crippen molar-refractivity contribution < 1.29 is 9.53 Å². The molecule has 2 aliphatic rings. The van der Waals surface area contributed by atoms with Crippen molar-refractivity contribution in [1.82, 2.24) is 10.6 Å². The molecule has 2 aliphatic carbocycles. The Bertz CT molecular complexity index is 556. The number of fused-ring (bicyclic) bond motifs is 3. The molecule has 1 fully saturated rings. The highest BCUT2D eigenvalue weighted by Gasteiger charge is 2.56. The van der Waals surface area contributed by atoms with Crippen LogP contribution in [0.2, 0.25) is 0 Å². The smallest absolute Gasteiger partial charge is 0.315 e. The van der Waals surface area contributed by atoms with Gasteiger partial charge < -0.3 is 15.4 Å². The second-order valence-electron chi connectivity index (χ2n) is 7.35. The maximum Gasteiger partial charge on any atom is 0.315 e. The molecule has 0 aliphatic heterocycles. The van der Waals surface area contributed by atoms with Crippen LogP contribution in [0.1, 0.15) is 37.3 Å². The van der Waals surface area contributed by atoms with E-state index in [1.165, 1.54) is 11.1 Å². The first-order valence-corrected chi connectivity index (χ1v) is 8.13. The fraction of sp³-hybridized carbons (Fsp3) is 0.611. The molecule has 0 heterocycles. The number of hydrogen-bond acceptors (Lipinski definition) is 2. The van der Waals surface area contributed by atoms with Crippen LogP contribution in [0.5, 0.6) is 0 Å². The van der Waals surface area contributed by atoms with Gasteiger partial charge in [0.05, 0.1) is 0 Å². The molecule has 1 aromatic rings. The van der Waals surface area contributed by atoms with Crippen LogP contribution in [0, 0.1) is 11.3 Å². The number of carbonyl (C=O) groups is 1. The Kier molecular flexibility index (Phi) is 4.13. The molecular formula is C18H26N2O2. The quantitative estimate of drug-likeness (QED) is 0.849. The van der Waals surface area contributed by atoms with E-state index in [0.29, 0.717) is 24.4 Å². The third-order valence-electron chi connectivity index (χ3n) is 5.05. The number of carbonyl (C=O) groups excluding carboxylic acids is 1. The van der Waals surface area contributed by atoms with Gasteiger partial charge in [0, 0.05) is 32.2 Å². The lowest BCUT2D eigenvalue weighted by Gasteiger charge is -2.24. The first-order chi connectivity index (χ1) is 10.5. The lowest BCUT2D eigenvalue weighted by molar-refractivity contribution is 0.151. The number of methoxy groups -OCH3 is 1. The van der Waals surface area contributed by atoms with Crippen LogP contribution in [-0.2, 0) is 11.2 Å². The molecule has 4 heteroatoms. The fourth-order valence-corrected chi connectivity index (χ4v) is 3.54. The summed E-state index contributed by atoms with van der Waals surface area (Å²) in [7, 11) is 1.71. The SMILES string of the molecule is COCCC(C)(C)CNC(=O)N[C@@H]1[C@H]2Cc3ccccc3[C@@H]21. The van der Waals surface area contributed by atoms with Gasteiger partial charge in [-0.15, -0.1) is 0 Å². The monoisotopic (exact) mass is 302 g/mol. The summed E-state index contributed by atoms with van der Waals surface area (Å²) in [4.78, 5) is 12.1. The van der Waals surface area contributed by atoms with Crippen LogP contribution in [0.4, 0.5) is 4.79 Å². The number of hydrogen-bond donors (Lipinski definition) is 2. The van der Waals surface area contributed by atoms with Crippen LogP contribution < -0.4 is 10.6 Å². The third-order valence-corrected chi connectivity index (χ3v) is 5.05. The third kappa shape index (κ3) is 3.12. The average Bonchev–Trinajstić information content (AvgIpc) is 3.00. The maximum atomic E-state index is 12.1. The standard InChI is InChI=1S/C18H26N2O2/c1-18(2,8-9-22-3)11-19-17(21)20-16-14-10-12-6-4-5-7-13(12)15(14)16/h4-7,14-16H,8-11H2,1-3H3,(H2,19,20,21)/t14-,15-,16+/m0/s1. The van der Waals surface area contributed by atoms with Gasteiger partial charge in [-0.3, -0.25) is 0 Å². The van der Waals surface area contributed by atoms with Crippen molar-refractivity contribution in [1.29, 1.82) is 0 Å². The van der Waals surface area contributed by atoms with Crippen LogP contribution in [0.25, 0.3) is 0 Å². The molecule has 0 spiro atoms. The van der Waals surface area contributed by atoms with E-state index in [9.17, 15) is 4.79 Å². The van der Waals surface area contributed by atoms with Crippen molar-refractivity contribution in [3.8, 4) is 0 Å². The van der Waals surface area contributed by atoms with E-state index < -0.39 is 0 Å². The first kappa shape index (κ1) is 15.3. The summed E-state index contributed by atoms with van der Waals surface area (Å²) in [6, 6.07) is 8.87. The predicted octanol–water partition coefficient (Wildman–Crippen LogP) is 2.69. The van der Waals surface area contributed by atoms with E-state index >= 15 is 0 Å². The number of amides is 2. The van der Waals surface area contributed by atoms with Gasteiger partial charge in [-0.05, 0) is 35.3 Å². The van der Waals surface area contributed by atoms with Crippen molar-refractivity contribution in [2.24, 2.45) is 11.3 Å². The molecule has 120 valence electrons. The van der Waals surface area contributed by atoms with Crippen molar-refractivity contribution in [2.45, 2.75) is 38.6 Å². The number of urea groups is 1. The van der Waals surface area contributed by atoms with E-state index in [1.807, 2.05) is 0 Å². The number of rotatable bonds is 6. The predicted molar refractivity (Wildman–Crippen MR) is 87.0 cm³/mol. The molecule has 0 unspecified atom stereocenters. The molecule has 1 aromatic carbocycles. The first-order valence-electron chi connectivity index (χ1n) is 8.13. The minimum Gasteiger partial charge on any atom is -0.385 e. The van der Waals surface area contributed by atoms with Crippen LogP contribution in [0.15, 0.2) is 24.3 Å². The maximum absolute atomic E-state index is 12.1. The van der Waals surface area contributed by atoms with Crippen LogP contribution in [0.3, 0.4) is 0 Å². The molecule has 1 saturated carbocycles. The second-order valence-corrected chi connectivity index (χ2v) is 7.35. The van der Waals surface area contributed by atoms with Crippen molar-refractivity contribution in [3.05, 3.63) is 35.4 Å². The van der Waals surface area contributed by atoms with Gasteiger partial charge >= 0.3 is 6.03 Å². The summed E-state index contributed by atoms with van der Waals surface area (Å²) in [6.07, 6.45) is 2.04. The van der Waals surface area contributed by atoms with Gasteiger partial charge in [0.25, 0.3) is 0 Å². The zero-order chi connectivity index (χ0) is 15.7. The summed E-state index contributed by atoms with van der Waals surface area (Å²) in [5.41, 5.74) is 2.94. The highest BCUT2D eigenvalue weighted by atomic mass is 16.5. The zero-order valence-corrected chi connectivity index (χ0v) is 13.7. The molecule has 2 amide bonds. The highest BCUT2D eigenvalue weighted by molar-refractivity contribution is 5.75. The number of ether oxygens (including phenoxy) is 1. The molecule has 0 bridgehead atoms. The normalized spacial score (nSPS) is 25.3. The van der Waals surface area contributed by atoms with E-state index in [1.54, 1.807) is 7.11 Å². The molecule has 2 N–H and O–H groups in total. The molecule has 3 rings (SSSR count). The lowest BCUT2D eigenvalue weighted by Crippen LogP contribution is -2.42. The van der Waals surface area contributed by atoms with Crippen molar-refractivity contribution >= 4 is 6.03 Å².